The van der Waals surface area contributed by atoms with Crippen LogP contribution in [0, 0.1) is 5.41 Å². The molecule has 2 aromatic carbocycles. The van der Waals surface area contributed by atoms with Gasteiger partial charge >= 0.3 is 5.97 Å². The Morgan fingerprint density at radius 3 is 2.35 bits per heavy atom. The number of allylic oxidation sites excluding steroid dienone is 1. The predicted molar refractivity (Wildman–Crippen MR) is 125 cm³/mol. The molecular formula is C26H21ClN2O5. The van der Waals surface area contributed by atoms with Gasteiger partial charge in [0.1, 0.15) is 5.70 Å². The minimum Gasteiger partial charge on any atom is -0.434 e. The number of nitrogens with one attached hydrogen (secondary N) is 2. The fraction of sp³-hybridized carbons (Fsp3) is 0.231. The van der Waals surface area contributed by atoms with Crippen LogP contribution in [-0.4, -0.2) is 29.0 Å². The van der Waals surface area contributed by atoms with E-state index in [1.54, 1.807) is 54.6 Å². The van der Waals surface area contributed by atoms with Gasteiger partial charge in [0.25, 0.3) is 11.5 Å². The van der Waals surface area contributed by atoms with E-state index in [9.17, 15) is 19.2 Å². The van der Waals surface area contributed by atoms with Crippen molar-refractivity contribution < 1.29 is 23.9 Å². The fourth-order valence-corrected chi connectivity index (χ4v) is 4.95. The van der Waals surface area contributed by atoms with Gasteiger partial charge in [-0.3, -0.25) is 14.4 Å². The van der Waals surface area contributed by atoms with Gasteiger partial charge in [-0.05, 0) is 36.1 Å². The Balaban J connectivity index is 1.73. The zero-order valence-corrected chi connectivity index (χ0v) is 19.3. The number of benzene rings is 2. The Labute approximate surface area is 200 Å². The summed E-state index contributed by atoms with van der Waals surface area (Å²) in [6.45, 7) is 3.84. The van der Waals surface area contributed by atoms with E-state index >= 15 is 0 Å². The lowest BCUT2D eigenvalue weighted by Crippen LogP contribution is -2.47. The molecule has 0 aromatic heterocycles. The molecule has 1 spiro atoms. The molecule has 5 rings (SSSR count). The van der Waals surface area contributed by atoms with Gasteiger partial charge in [-0.1, -0.05) is 55.8 Å². The van der Waals surface area contributed by atoms with Crippen LogP contribution in [0.5, 0.6) is 0 Å². The van der Waals surface area contributed by atoms with Crippen LogP contribution in [0.3, 0.4) is 0 Å². The maximum Gasteiger partial charge on any atom is 0.357 e. The van der Waals surface area contributed by atoms with Crippen LogP contribution >= 0.6 is 11.6 Å². The summed E-state index contributed by atoms with van der Waals surface area (Å²) in [6.07, 6.45) is 0.568. The first kappa shape index (κ1) is 22.1. The van der Waals surface area contributed by atoms with Gasteiger partial charge in [0.2, 0.25) is 0 Å². The average molecular weight is 477 g/mol. The Morgan fingerprint density at radius 1 is 1.00 bits per heavy atom. The monoisotopic (exact) mass is 476 g/mol. The van der Waals surface area contributed by atoms with Crippen LogP contribution in [0.25, 0.3) is 0 Å². The van der Waals surface area contributed by atoms with Crippen LogP contribution < -0.4 is 10.6 Å². The number of carbonyl (C=O) groups is 4. The molecule has 1 aliphatic carbocycles. The second-order valence-electron chi connectivity index (χ2n) is 9.40. The molecule has 0 radical (unpaired) electrons. The lowest BCUT2D eigenvalue weighted by atomic mass is 9.71. The van der Waals surface area contributed by atoms with Crippen LogP contribution in [0.2, 0.25) is 5.02 Å². The van der Waals surface area contributed by atoms with E-state index in [1.807, 2.05) is 13.8 Å². The first-order valence-corrected chi connectivity index (χ1v) is 11.2. The summed E-state index contributed by atoms with van der Waals surface area (Å²) in [7, 11) is 0. The van der Waals surface area contributed by atoms with E-state index in [0.29, 0.717) is 22.8 Å². The molecule has 0 saturated carbocycles. The highest BCUT2D eigenvalue weighted by atomic mass is 35.5. The molecule has 0 fully saturated rings. The first-order valence-electron chi connectivity index (χ1n) is 10.8. The molecule has 1 amide bonds. The number of hydrogen-bond acceptors (Lipinski definition) is 6. The third-order valence-electron chi connectivity index (χ3n) is 6.24. The van der Waals surface area contributed by atoms with E-state index in [-0.39, 0.29) is 40.0 Å². The van der Waals surface area contributed by atoms with Gasteiger partial charge in [0.15, 0.2) is 11.6 Å². The molecule has 2 aliphatic heterocycles. The first-order chi connectivity index (χ1) is 16.1. The van der Waals surface area contributed by atoms with E-state index in [2.05, 4.69) is 10.6 Å². The number of halogens is 1. The fourth-order valence-electron chi connectivity index (χ4n) is 4.83. The summed E-state index contributed by atoms with van der Waals surface area (Å²) in [5, 5.41) is 6.15. The second-order valence-corrected chi connectivity index (χ2v) is 9.83. The van der Waals surface area contributed by atoms with Crippen molar-refractivity contribution in [2.24, 2.45) is 5.41 Å². The highest BCUT2D eigenvalue weighted by Gasteiger charge is 2.65. The number of carbonyl (C=O) groups excluding carboxylic acids is 4. The minimum absolute atomic E-state index is 0.0392. The lowest BCUT2D eigenvalue weighted by Gasteiger charge is -2.32. The van der Waals surface area contributed by atoms with Crippen molar-refractivity contribution in [2.45, 2.75) is 32.3 Å². The Kier molecular flexibility index (Phi) is 4.98. The second kappa shape index (κ2) is 7.67. The van der Waals surface area contributed by atoms with Crippen molar-refractivity contribution in [1.29, 1.82) is 0 Å². The Hall–Kier alpha value is -3.71. The standard InChI is InChI=1S/C26H21ClN2O5/c1-25(2)12-17-19(18(30)13-25)26(24(33)29-17)20(22(31)14-6-4-3-5-7-14)21(23(32)34-26)28-16-10-8-15(27)9-11-16/h3-11,28H,12-13H2,1-2H3,(H,29,33). The number of Topliss-reactive ketones (excluding diaryl/α,β-unsaturated/α-hetero) is 2. The lowest BCUT2D eigenvalue weighted by molar-refractivity contribution is -0.152. The van der Waals surface area contributed by atoms with Gasteiger partial charge < -0.3 is 15.4 Å². The maximum atomic E-state index is 13.8. The van der Waals surface area contributed by atoms with Gasteiger partial charge in [0.05, 0.1) is 11.1 Å². The normalized spacial score (nSPS) is 23.2. The van der Waals surface area contributed by atoms with Crippen LogP contribution in [-0.2, 0) is 19.1 Å². The van der Waals surface area contributed by atoms with Crippen LogP contribution in [0.4, 0.5) is 5.69 Å². The zero-order valence-electron chi connectivity index (χ0n) is 18.5. The summed E-state index contributed by atoms with van der Waals surface area (Å²) < 4.78 is 5.68. The number of ketones is 2. The SMILES string of the molecule is CC1(C)CC(=O)C2=C(C1)NC(=O)C21OC(=O)C(Nc2ccc(Cl)cc2)=C1C(=O)c1ccccc1. The van der Waals surface area contributed by atoms with Crippen molar-refractivity contribution in [3.8, 4) is 0 Å². The summed E-state index contributed by atoms with van der Waals surface area (Å²) in [4.78, 5) is 53.7. The van der Waals surface area contributed by atoms with Crippen LogP contribution in [0.15, 0.2) is 77.1 Å². The van der Waals surface area contributed by atoms with E-state index in [1.165, 1.54) is 0 Å². The molecule has 34 heavy (non-hydrogen) atoms. The largest absolute Gasteiger partial charge is 0.434 e. The third kappa shape index (κ3) is 3.35. The van der Waals surface area contributed by atoms with Crippen LogP contribution in [0.1, 0.15) is 37.0 Å². The number of esters is 1. The van der Waals surface area contributed by atoms with Gasteiger partial charge in [0, 0.05) is 28.4 Å². The van der Waals surface area contributed by atoms with Crippen molar-refractivity contribution in [3.05, 3.63) is 87.7 Å². The number of ether oxygens (including phenoxy) is 1. The summed E-state index contributed by atoms with van der Waals surface area (Å²) in [6, 6.07) is 14.8. The minimum atomic E-state index is -2.14. The summed E-state index contributed by atoms with van der Waals surface area (Å²) in [5.74, 6) is -2.52. The van der Waals surface area contributed by atoms with Gasteiger partial charge in [-0.15, -0.1) is 0 Å². The number of anilines is 1. The van der Waals surface area contributed by atoms with E-state index in [0.717, 1.165) is 0 Å². The van der Waals surface area contributed by atoms with Gasteiger partial charge in [-0.25, -0.2) is 4.79 Å². The van der Waals surface area contributed by atoms with E-state index < -0.39 is 23.3 Å². The molecule has 1 unspecified atom stereocenters. The molecule has 0 bridgehead atoms. The van der Waals surface area contributed by atoms with Crippen molar-refractivity contribution >= 4 is 40.7 Å². The number of amides is 1. The quantitative estimate of drug-likeness (QED) is 0.511. The van der Waals surface area contributed by atoms with Gasteiger partial charge in [-0.2, -0.15) is 0 Å². The topological polar surface area (TPSA) is 102 Å². The molecule has 2 heterocycles. The Bertz CT molecular complexity index is 1320. The smallest absolute Gasteiger partial charge is 0.357 e. The number of rotatable bonds is 4. The average Bonchev–Trinajstić information content (AvgIpc) is 3.21. The molecule has 2 N–H and O–H groups in total. The molecule has 0 saturated heterocycles. The van der Waals surface area contributed by atoms with E-state index in [4.69, 9.17) is 16.3 Å². The highest BCUT2D eigenvalue weighted by Crippen LogP contribution is 2.50. The Morgan fingerprint density at radius 2 is 1.68 bits per heavy atom. The number of hydrogen-bond donors (Lipinski definition) is 2. The third-order valence-corrected chi connectivity index (χ3v) is 6.49. The zero-order chi connectivity index (χ0) is 24.3. The molecule has 3 aliphatic rings. The predicted octanol–water partition coefficient (Wildman–Crippen LogP) is 3.96. The molecule has 172 valence electrons. The molecule has 1 atom stereocenters. The summed E-state index contributed by atoms with van der Waals surface area (Å²) >= 11 is 5.97. The molecular weight excluding hydrogens is 456 g/mol. The van der Waals surface area contributed by atoms with Crippen molar-refractivity contribution in [3.63, 3.8) is 0 Å². The van der Waals surface area contributed by atoms with Crippen molar-refractivity contribution in [2.75, 3.05) is 5.32 Å². The maximum absolute atomic E-state index is 13.8. The number of fused-ring (bicyclic) bond motifs is 1. The highest BCUT2D eigenvalue weighted by molar-refractivity contribution is 6.30. The summed E-state index contributed by atoms with van der Waals surface area (Å²) in [5.41, 5.74) is -1.74. The molecule has 2 aromatic rings. The molecule has 8 heteroatoms. The molecule has 7 nitrogen and oxygen atoms in total. The van der Waals surface area contributed by atoms with Crippen molar-refractivity contribution in [1.82, 2.24) is 5.32 Å².